The molecule has 36 nitrogen and oxygen atoms in total. The summed E-state index contributed by atoms with van der Waals surface area (Å²) in [6.45, 7) is 27.7. The molecule has 0 fully saturated rings. The summed E-state index contributed by atoms with van der Waals surface area (Å²) in [5.41, 5.74) is 91.8. The number of hydrogen-bond acceptors (Lipinski definition) is 33. The molecule has 116 heavy (non-hydrogen) atoms. The van der Waals surface area contributed by atoms with Crippen LogP contribution in [0.1, 0.15) is 141 Å². The van der Waals surface area contributed by atoms with Gasteiger partial charge in [0.05, 0.1) is 52.8 Å². The van der Waals surface area contributed by atoms with Crippen molar-refractivity contribution in [2.75, 3.05) is 341 Å². The van der Waals surface area contributed by atoms with E-state index in [2.05, 4.69) is 55.6 Å². The van der Waals surface area contributed by atoms with E-state index in [1.807, 2.05) is 0 Å². The van der Waals surface area contributed by atoms with Crippen LogP contribution >= 0.6 is 0 Å². The van der Waals surface area contributed by atoms with Crippen molar-refractivity contribution in [3.63, 3.8) is 0 Å². The Kier molecular flexibility index (Phi) is 81.9. The van der Waals surface area contributed by atoms with Crippen LogP contribution in [-0.2, 0) is 47.5 Å². The van der Waals surface area contributed by atoms with Gasteiger partial charge in [-0.05, 0) is 318 Å². The predicted octanol–water partition coefficient (Wildman–Crippen LogP) is -4.90. The fraction of sp³-hybridized carbons (Fsp3) is 0.975. The van der Waals surface area contributed by atoms with E-state index in [0.29, 0.717) is 202 Å². The minimum absolute atomic E-state index is 0.0373. The molecule has 3 atom stereocenters. The maximum absolute atomic E-state index is 16.7. The topological polar surface area (TPSA) is 576 Å². The Morgan fingerprint density at radius 1 is 0.233 bits per heavy atom. The molecule has 0 rings (SSSR count). The zero-order valence-corrected chi connectivity index (χ0v) is 73.5. The van der Waals surface area contributed by atoms with Crippen LogP contribution in [0.2, 0.25) is 0 Å². The summed E-state index contributed by atoms with van der Waals surface area (Å²) in [6.07, 6.45) is 13.1. The summed E-state index contributed by atoms with van der Waals surface area (Å²) in [6, 6.07) is 0. The number of ether oxygens (including phenoxy) is 8. The zero-order valence-electron chi connectivity index (χ0n) is 73.5. The molecule has 0 saturated carbocycles. The number of carbonyl (C=O) groups is 2. The van der Waals surface area contributed by atoms with Crippen molar-refractivity contribution < 1.29 is 53.2 Å². The quantitative estimate of drug-likeness (QED) is 0.0200. The van der Waals surface area contributed by atoms with Crippen LogP contribution in [0.25, 0.3) is 0 Å². The van der Waals surface area contributed by atoms with E-state index in [1.54, 1.807) is 0 Å². The third-order valence-corrected chi connectivity index (χ3v) is 20.2. The van der Waals surface area contributed by atoms with Crippen molar-refractivity contribution in [3.05, 3.63) is 0 Å². The summed E-state index contributed by atoms with van der Waals surface area (Å²) in [5, 5.41) is 6.74. The molecular formula is C80H185N26O10+. The maximum atomic E-state index is 16.7. The van der Waals surface area contributed by atoms with Crippen molar-refractivity contribution in [3.8, 4) is 0 Å². The van der Waals surface area contributed by atoms with Gasteiger partial charge in [0.15, 0.2) is 23.7 Å². The number of rotatable bonds is 95. The molecular weight excluding hydrogens is 1490 g/mol. The first kappa shape index (κ1) is 114. The minimum atomic E-state index is -1.67. The van der Waals surface area contributed by atoms with Crippen molar-refractivity contribution >= 4 is 11.8 Å². The molecule has 0 aromatic carbocycles. The van der Waals surface area contributed by atoms with Gasteiger partial charge in [0.25, 0.3) is 11.8 Å². The van der Waals surface area contributed by atoms with Gasteiger partial charge >= 0.3 is 0 Å². The molecule has 694 valence electrons. The van der Waals surface area contributed by atoms with Gasteiger partial charge in [0, 0.05) is 111 Å². The van der Waals surface area contributed by atoms with Crippen LogP contribution in [0.3, 0.4) is 0 Å². The Morgan fingerprint density at radius 2 is 0.422 bits per heavy atom. The third kappa shape index (κ3) is 62.7. The molecule has 0 heterocycles. The number of nitrogens with two attached hydrogens (primary N) is 15. The average Bonchev–Trinajstić information content (AvgIpc) is 0.813. The van der Waals surface area contributed by atoms with Crippen LogP contribution in [0, 0.1) is 0 Å². The highest BCUT2D eigenvalue weighted by atomic mass is 16.6. The van der Waals surface area contributed by atoms with Crippen molar-refractivity contribution in [2.24, 2.45) is 86.0 Å². The lowest BCUT2D eigenvalue weighted by molar-refractivity contribution is -0.368. The maximum Gasteiger partial charge on any atom is 0.254 e. The molecule has 36 heteroatoms. The van der Waals surface area contributed by atoms with Crippen LogP contribution < -0.4 is 102 Å². The smallest absolute Gasteiger partial charge is 0.254 e. The first-order chi connectivity index (χ1) is 56.7. The summed E-state index contributed by atoms with van der Waals surface area (Å²) in [5.74, 6) is -1.37. The highest BCUT2D eigenvalue weighted by Crippen LogP contribution is 2.20. The second-order valence-corrected chi connectivity index (χ2v) is 30.7. The highest BCUT2D eigenvalue weighted by molar-refractivity contribution is 5.91. The second-order valence-electron chi connectivity index (χ2n) is 30.7. The lowest BCUT2D eigenvalue weighted by atomic mass is 10.1. The van der Waals surface area contributed by atoms with Crippen LogP contribution in [0.4, 0.5) is 0 Å². The molecule has 0 aromatic rings. The molecule has 0 aromatic heterocycles. The summed E-state index contributed by atoms with van der Waals surface area (Å²) in [7, 11) is 0. The van der Waals surface area contributed by atoms with Gasteiger partial charge in [0.1, 0.15) is 0 Å². The molecule has 35 N–H and O–H groups in total. The zero-order chi connectivity index (χ0) is 85.3. The van der Waals surface area contributed by atoms with E-state index in [1.165, 1.54) is 0 Å². The van der Waals surface area contributed by atoms with E-state index >= 15 is 9.59 Å². The van der Waals surface area contributed by atoms with Gasteiger partial charge in [-0.2, -0.15) is 0 Å². The van der Waals surface area contributed by atoms with Gasteiger partial charge < -0.3 is 179 Å². The van der Waals surface area contributed by atoms with Crippen molar-refractivity contribution in [1.29, 1.82) is 0 Å². The first-order valence-corrected chi connectivity index (χ1v) is 45.3. The number of hydrogen-bond donors (Lipinski definition) is 18. The number of quaternary nitrogens is 1. The van der Waals surface area contributed by atoms with Gasteiger partial charge in [-0.25, -0.2) is 0 Å². The molecule has 0 saturated heterocycles. The number of nitrogens with one attached hydrogen (secondary N) is 2. The van der Waals surface area contributed by atoms with Crippen LogP contribution in [0.15, 0.2) is 0 Å². The molecule has 0 aliphatic rings. The lowest BCUT2D eigenvalue weighted by Gasteiger charge is -2.38. The minimum Gasteiger partial charge on any atom is -0.376 e. The van der Waals surface area contributed by atoms with Gasteiger partial charge in [-0.3, -0.25) is 9.59 Å². The number of nitrogens with zero attached hydrogens (tertiary/aromatic N) is 8. The number of carbonyl (C=O) groups excluding carboxylic acids is 2. The Labute approximate surface area is 703 Å². The molecule has 0 spiro atoms. The summed E-state index contributed by atoms with van der Waals surface area (Å²) < 4.78 is 55.6. The van der Waals surface area contributed by atoms with E-state index in [4.69, 9.17) is 124 Å². The third-order valence-electron chi connectivity index (χ3n) is 20.2. The predicted molar refractivity (Wildman–Crippen MR) is 473 cm³/mol. The molecule has 0 radical (unpaired) electrons. The van der Waals surface area contributed by atoms with Gasteiger partial charge in [0.2, 0.25) is 0 Å². The van der Waals surface area contributed by atoms with E-state index in [0.717, 1.165) is 221 Å². The summed E-state index contributed by atoms with van der Waals surface area (Å²) in [4.78, 5) is 52.0. The Bertz CT molecular complexity index is 2000. The Hall–Kier alpha value is -2.34. The molecule has 3 unspecified atom stereocenters. The normalized spacial score (nSPS) is 13.4. The Morgan fingerprint density at radius 3 is 0.647 bits per heavy atom. The monoisotopic (exact) mass is 1670 g/mol. The molecule has 2 amide bonds. The first-order valence-electron chi connectivity index (χ1n) is 45.3. The van der Waals surface area contributed by atoms with Crippen LogP contribution in [0.5, 0.6) is 0 Å². The standard InChI is InChI=1S/C80H184N26O10/c81-23-1-39-99(40-2-24-82)54-16-63-109-71-79(115-68-21-59-104(49-11-33-91)50-12-34-92,72-110-64-17-55-100(41-3-25-83)42-4-26-84)97-77(107)75(113-66-19-57-102(45-7-29-87)46-8-30-88)76(114-67-20-58-103(47-9-31-89)48-10-32-90)78(108)98-80(116-69-22-60-105(61-38-96)51-13-35-93,74-112-70-62-106(52-14-36-94)53-15-37-95)73-111-65-18-56-101(43-5-27-85)44-6-28-86/h75-76H,1-74,81-96H2,(H,97,107)(H,98,108)/p+1. The highest BCUT2D eigenvalue weighted by Gasteiger charge is 2.45. The van der Waals surface area contributed by atoms with Gasteiger partial charge in [-0.1, -0.05) is 0 Å². The fourth-order valence-electron chi connectivity index (χ4n) is 13.7. The summed E-state index contributed by atoms with van der Waals surface area (Å²) >= 11 is 0. The van der Waals surface area contributed by atoms with Gasteiger partial charge in [-0.15, -0.1) is 0 Å². The second kappa shape index (κ2) is 83.6. The average molecular weight is 1670 g/mol. The number of amides is 2. The molecule has 0 aliphatic heterocycles. The molecule has 0 aliphatic carbocycles. The van der Waals surface area contributed by atoms with E-state index in [9.17, 15) is 0 Å². The van der Waals surface area contributed by atoms with E-state index < -0.39 is 35.5 Å². The fourth-order valence-corrected chi connectivity index (χ4v) is 13.7. The Balaban J connectivity index is 9.21. The van der Waals surface area contributed by atoms with E-state index in [-0.39, 0.29) is 59.5 Å². The van der Waals surface area contributed by atoms with Crippen molar-refractivity contribution in [1.82, 2.24) is 49.8 Å². The van der Waals surface area contributed by atoms with Crippen LogP contribution in [-0.4, -0.2) is 416 Å². The lowest BCUT2D eigenvalue weighted by Crippen LogP contribution is -2.65. The largest absolute Gasteiger partial charge is 0.376 e. The SMILES string of the molecule is NCCCN(CCN)CCCOC(COCCCN(CCCN)CCCN)(COCCN(CCCN)CCCN)NC(=O)C(OCCCN(CCCN)CCCN)C(OCCCN(CCCN)CCCN)C(=O)NC(COCCCN(CCCN)CCCN)(COCCCN(CCCN)CCCN)OCCCN(CCCN)CCC[NH3+]. The van der Waals surface area contributed by atoms with Crippen molar-refractivity contribution in [2.45, 2.75) is 165 Å². The molecule has 0 bridgehead atoms.